The van der Waals surface area contributed by atoms with Gasteiger partial charge in [0.1, 0.15) is 0 Å². The minimum absolute atomic E-state index is 0.0537. The molecule has 1 aliphatic rings. The summed E-state index contributed by atoms with van der Waals surface area (Å²) in [6.07, 6.45) is 1.59. The van der Waals surface area contributed by atoms with Crippen molar-refractivity contribution in [2.75, 3.05) is 0 Å². The van der Waals surface area contributed by atoms with E-state index in [2.05, 4.69) is 5.32 Å². The summed E-state index contributed by atoms with van der Waals surface area (Å²) in [4.78, 5) is 12.5. The van der Waals surface area contributed by atoms with Crippen molar-refractivity contribution in [3.8, 4) is 0 Å². The van der Waals surface area contributed by atoms with Crippen LogP contribution in [-0.2, 0) is 11.3 Å². The molecule has 1 fully saturated rings. The summed E-state index contributed by atoms with van der Waals surface area (Å²) in [7, 11) is 0. The van der Waals surface area contributed by atoms with Gasteiger partial charge in [0, 0.05) is 4.88 Å². The van der Waals surface area contributed by atoms with Gasteiger partial charge in [-0.25, -0.2) is 0 Å². The third-order valence-corrected chi connectivity index (χ3v) is 3.52. The van der Waals surface area contributed by atoms with E-state index >= 15 is 0 Å². The minimum Gasteiger partial charge on any atom is -0.350 e. The van der Waals surface area contributed by atoms with Crippen molar-refractivity contribution >= 4 is 28.8 Å². The maximum atomic E-state index is 11.4. The summed E-state index contributed by atoms with van der Waals surface area (Å²) in [5.41, 5.74) is 5.14. The van der Waals surface area contributed by atoms with Crippen LogP contribution in [0.25, 0.3) is 0 Å². The molecular weight excluding hydrogens is 220 g/mol. The molecule has 0 aliphatic heterocycles. The first-order valence-corrected chi connectivity index (χ1v) is 5.61. The van der Waals surface area contributed by atoms with E-state index in [4.69, 9.17) is 17.3 Å². The van der Waals surface area contributed by atoms with E-state index < -0.39 is 5.54 Å². The van der Waals surface area contributed by atoms with E-state index in [9.17, 15) is 4.79 Å². The van der Waals surface area contributed by atoms with Crippen LogP contribution in [0.1, 0.15) is 17.7 Å². The van der Waals surface area contributed by atoms with Crippen LogP contribution < -0.4 is 11.1 Å². The monoisotopic (exact) mass is 230 g/mol. The Balaban J connectivity index is 1.85. The Bertz CT molecular complexity index is 359. The molecule has 3 N–H and O–H groups in total. The van der Waals surface area contributed by atoms with Crippen molar-refractivity contribution in [3.63, 3.8) is 0 Å². The van der Waals surface area contributed by atoms with Gasteiger partial charge in [-0.15, -0.1) is 11.3 Å². The molecule has 14 heavy (non-hydrogen) atoms. The van der Waals surface area contributed by atoms with E-state index in [0.717, 1.165) is 22.1 Å². The van der Waals surface area contributed by atoms with Crippen LogP contribution in [0.2, 0.25) is 4.34 Å². The average Bonchev–Trinajstić information content (AvgIpc) is 2.76. The number of nitrogens with one attached hydrogen (secondary N) is 1. The van der Waals surface area contributed by atoms with Gasteiger partial charge in [0.15, 0.2) is 0 Å². The van der Waals surface area contributed by atoms with Gasteiger partial charge in [0.05, 0.1) is 16.4 Å². The fraction of sp³-hybridized carbons (Fsp3) is 0.444. The SMILES string of the molecule is NC1(C(=O)NCc2ccc(Cl)s2)CC1. The standard InChI is InChI=1S/C9H11ClN2OS/c10-7-2-1-6(14-7)5-12-8(13)9(11)3-4-9/h1-2H,3-5,11H2,(H,12,13). The maximum absolute atomic E-state index is 11.4. The summed E-state index contributed by atoms with van der Waals surface area (Å²) in [5.74, 6) is -0.0537. The van der Waals surface area contributed by atoms with Gasteiger partial charge in [0.2, 0.25) is 5.91 Å². The fourth-order valence-corrected chi connectivity index (χ4v) is 2.18. The Labute approximate surface area is 91.2 Å². The highest BCUT2D eigenvalue weighted by Crippen LogP contribution is 2.32. The zero-order valence-corrected chi connectivity index (χ0v) is 9.12. The third-order valence-electron chi connectivity index (χ3n) is 2.29. The molecule has 1 aromatic rings. The highest BCUT2D eigenvalue weighted by Gasteiger charge is 2.45. The fourth-order valence-electron chi connectivity index (χ4n) is 1.15. The number of halogens is 1. The number of carbonyl (C=O) groups is 1. The lowest BCUT2D eigenvalue weighted by molar-refractivity contribution is -0.123. The largest absolute Gasteiger partial charge is 0.350 e. The van der Waals surface area contributed by atoms with E-state index in [1.165, 1.54) is 11.3 Å². The van der Waals surface area contributed by atoms with Gasteiger partial charge in [-0.2, -0.15) is 0 Å². The van der Waals surface area contributed by atoms with E-state index in [1.807, 2.05) is 12.1 Å². The molecule has 0 atom stereocenters. The number of nitrogens with two attached hydrogens (primary N) is 1. The maximum Gasteiger partial charge on any atom is 0.240 e. The van der Waals surface area contributed by atoms with Crippen LogP contribution >= 0.6 is 22.9 Å². The van der Waals surface area contributed by atoms with E-state index in [1.54, 1.807) is 0 Å². The van der Waals surface area contributed by atoms with Gasteiger partial charge >= 0.3 is 0 Å². The molecule has 1 saturated carbocycles. The quantitative estimate of drug-likeness (QED) is 0.827. The molecule has 1 aliphatic carbocycles. The number of amides is 1. The molecule has 0 radical (unpaired) electrons. The molecule has 0 bridgehead atoms. The molecule has 0 saturated heterocycles. The predicted molar refractivity (Wildman–Crippen MR) is 57.3 cm³/mol. The van der Waals surface area contributed by atoms with Crippen molar-refractivity contribution in [2.45, 2.75) is 24.9 Å². The summed E-state index contributed by atoms with van der Waals surface area (Å²) in [5, 5.41) is 2.80. The van der Waals surface area contributed by atoms with E-state index in [0.29, 0.717) is 6.54 Å². The van der Waals surface area contributed by atoms with Crippen LogP contribution in [0, 0.1) is 0 Å². The summed E-state index contributed by atoms with van der Waals surface area (Å²) >= 11 is 7.23. The second-order valence-electron chi connectivity index (χ2n) is 3.54. The molecule has 3 nitrogen and oxygen atoms in total. The average molecular weight is 231 g/mol. The lowest BCUT2D eigenvalue weighted by Crippen LogP contribution is -2.42. The number of thiophene rings is 1. The summed E-state index contributed by atoms with van der Waals surface area (Å²) in [6, 6.07) is 3.73. The number of carbonyl (C=O) groups excluding carboxylic acids is 1. The number of rotatable bonds is 3. The Hall–Kier alpha value is -0.580. The van der Waals surface area contributed by atoms with Gasteiger partial charge in [-0.3, -0.25) is 4.79 Å². The lowest BCUT2D eigenvalue weighted by Gasteiger charge is -2.08. The van der Waals surface area contributed by atoms with Crippen LogP contribution in [0.5, 0.6) is 0 Å². The molecular formula is C9H11ClN2OS. The number of hydrogen-bond acceptors (Lipinski definition) is 3. The Kier molecular flexibility index (Phi) is 2.51. The van der Waals surface area contributed by atoms with Gasteiger partial charge in [-0.05, 0) is 25.0 Å². The molecule has 0 unspecified atom stereocenters. The van der Waals surface area contributed by atoms with Crippen molar-refractivity contribution in [2.24, 2.45) is 5.73 Å². The van der Waals surface area contributed by atoms with Crippen LogP contribution in [0.15, 0.2) is 12.1 Å². The minimum atomic E-state index is -0.582. The van der Waals surface area contributed by atoms with Gasteiger partial charge in [-0.1, -0.05) is 11.6 Å². The summed E-state index contributed by atoms with van der Waals surface area (Å²) in [6.45, 7) is 0.523. The van der Waals surface area contributed by atoms with Crippen molar-refractivity contribution in [1.82, 2.24) is 5.32 Å². The highest BCUT2D eigenvalue weighted by atomic mass is 35.5. The zero-order valence-electron chi connectivity index (χ0n) is 7.55. The van der Waals surface area contributed by atoms with Crippen molar-refractivity contribution in [3.05, 3.63) is 21.3 Å². The molecule has 76 valence electrons. The third kappa shape index (κ3) is 2.08. The van der Waals surface area contributed by atoms with Gasteiger partial charge < -0.3 is 11.1 Å². The van der Waals surface area contributed by atoms with Crippen molar-refractivity contribution in [1.29, 1.82) is 0 Å². The molecule has 0 aromatic carbocycles. The molecule has 2 rings (SSSR count). The lowest BCUT2D eigenvalue weighted by atomic mass is 10.3. The molecule has 1 aromatic heterocycles. The smallest absolute Gasteiger partial charge is 0.240 e. The van der Waals surface area contributed by atoms with Crippen LogP contribution in [0.4, 0.5) is 0 Å². The van der Waals surface area contributed by atoms with Crippen LogP contribution in [-0.4, -0.2) is 11.4 Å². The first-order valence-electron chi connectivity index (χ1n) is 4.41. The van der Waals surface area contributed by atoms with Crippen molar-refractivity contribution < 1.29 is 4.79 Å². The highest BCUT2D eigenvalue weighted by molar-refractivity contribution is 7.16. The van der Waals surface area contributed by atoms with E-state index in [-0.39, 0.29) is 5.91 Å². The second-order valence-corrected chi connectivity index (χ2v) is 5.34. The molecule has 1 heterocycles. The van der Waals surface area contributed by atoms with Crippen LogP contribution in [0.3, 0.4) is 0 Å². The Morgan fingerprint density at radius 3 is 2.86 bits per heavy atom. The first kappa shape index (κ1) is 9.96. The first-order chi connectivity index (χ1) is 6.60. The van der Waals surface area contributed by atoms with Gasteiger partial charge in [0.25, 0.3) is 0 Å². The number of hydrogen-bond donors (Lipinski definition) is 2. The molecule has 5 heteroatoms. The zero-order chi connectivity index (χ0) is 10.2. The predicted octanol–water partition coefficient (Wildman–Crippen LogP) is 1.51. The Morgan fingerprint density at radius 1 is 1.64 bits per heavy atom. The summed E-state index contributed by atoms with van der Waals surface area (Å²) < 4.78 is 0.739. The molecule has 1 amide bonds. The second kappa shape index (κ2) is 3.53. The normalized spacial score (nSPS) is 17.9. The molecule has 0 spiro atoms. The Morgan fingerprint density at radius 2 is 2.36 bits per heavy atom. The topological polar surface area (TPSA) is 55.1 Å².